The minimum Gasteiger partial charge on any atom is -0.497 e. The number of aryl methyl sites for hydroxylation is 1. The maximum Gasteiger partial charge on any atom is 0.349 e. The molecule has 1 amide bonds. The smallest absolute Gasteiger partial charge is 0.349 e. The van der Waals surface area contributed by atoms with E-state index in [4.69, 9.17) is 20.0 Å². The molecule has 0 saturated heterocycles. The first-order chi connectivity index (χ1) is 14.5. The highest BCUT2D eigenvalue weighted by atomic mass is 16.5. The lowest BCUT2D eigenvalue weighted by Crippen LogP contribution is -2.26. The number of methoxy groups -OCH3 is 1. The third-order valence-electron chi connectivity index (χ3n) is 4.89. The molecule has 4 N–H and O–H groups in total. The summed E-state index contributed by atoms with van der Waals surface area (Å²) in [6.45, 7) is 1.89. The van der Waals surface area contributed by atoms with Gasteiger partial charge in [0.15, 0.2) is 0 Å². The molecular formula is C23H26N2O5. The summed E-state index contributed by atoms with van der Waals surface area (Å²) in [6.07, 6.45) is 1.86. The van der Waals surface area contributed by atoms with Gasteiger partial charge in [-0.1, -0.05) is 25.5 Å². The summed E-state index contributed by atoms with van der Waals surface area (Å²) in [5.41, 5.74) is 7.64. The first-order valence-electron chi connectivity index (χ1n) is 9.87. The van der Waals surface area contributed by atoms with Crippen LogP contribution in [0.3, 0.4) is 0 Å². The molecule has 7 heteroatoms. The highest BCUT2D eigenvalue weighted by molar-refractivity contribution is 6.07. The summed E-state index contributed by atoms with van der Waals surface area (Å²) >= 11 is 0. The average Bonchev–Trinajstić information content (AvgIpc) is 2.74. The van der Waals surface area contributed by atoms with E-state index < -0.39 is 11.5 Å². The Morgan fingerprint density at radius 3 is 2.60 bits per heavy atom. The Morgan fingerprint density at radius 2 is 1.97 bits per heavy atom. The number of hydrogen-bond acceptors (Lipinski definition) is 6. The molecule has 0 spiro atoms. The number of fused-ring (bicyclic) bond motifs is 1. The number of nitrogens with two attached hydrogens (primary N) is 1. The number of anilines is 1. The highest BCUT2D eigenvalue weighted by Gasteiger charge is 2.21. The Kier molecular flexibility index (Phi) is 6.87. The van der Waals surface area contributed by atoms with Gasteiger partial charge >= 0.3 is 5.63 Å². The number of carbonyl (C=O) groups excluding carboxylic acids is 1. The van der Waals surface area contributed by atoms with Gasteiger partial charge in [-0.3, -0.25) is 4.79 Å². The molecule has 0 saturated carbocycles. The fourth-order valence-corrected chi connectivity index (χ4v) is 3.40. The lowest BCUT2D eigenvalue weighted by Gasteiger charge is -2.13. The van der Waals surface area contributed by atoms with Gasteiger partial charge in [-0.2, -0.15) is 0 Å². The van der Waals surface area contributed by atoms with Crippen molar-refractivity contribution in [2.75, 3.05) is 19.0 Å². The Labute approximate surface area is 174 Å². The molecule has 0 aliphatic carbocycles. The van der Waals surface area contributed by atoms with Crippen molar-refractivity contribution in [3.05, 3.63) is 69.6 Å². The van der Waals surface area contributed by atoms with Crippen LogP contribution in [0.5, 0.6) is 5.75 Å². The van der Waals surface area contributed by atoms with E-state index >= 15 is 0 Å². The predicted octanol–water partition coefficient (Wildman–Crippen LogP) is 2.87. The Balaban J connectivity index is 1.93. The molecular weight excluding hydrogens is 384 g/mol. The fraction of sp³-hybridized carbons (Fsp3) is 0.304. The van der Waals surface area contributed by atoms with Crippen LogP contribution < -0.4 is 21.4 Å². The van der Waals surface area contributed by atoms with Gasteiger partial charge in [0, 0.05) is 23.2 Å². The number of nitrogens with one attached hydrogen (secondary N) is 1. The number of ether oxygens (including phenoxy) is 1. The van der Waals surface area contributed by atoms with Gasteiger partial charge in [0.05, 0.1) is 13.7 Å². The second kappa shape index (κ2) is 9.56. The maximum atomic E-state index is 13.0. The van der Waals surface area contributed by atoms with E-state index in [1.54, 1.807) is 30.3 Å². The van der Waals surface area contributed by atoms with Gasteiger partial charge in [0.25, 0.3) is 5.91 Å². The lowest BCUT2D eigenvalue weighted by atomic mass is 9.99. The van der Waals surface area contributed by atoms with Crippen molar-refractivity contribution in [2.45, 2.75) is 32.2 Å². The van der Waals surface area contributed by atoms with Crippen LogP contribution in [0.25, 0.3) is 11.0 Å². The second-order valence-corrected chi connectivity index (χ2v) is 7.15. The van der Waals surface area contributed by atoms with E-state index in [-0.39, 0.29) is 18.2 Å². The molecule has 1 aromatic heterocycles. The van der Waals surface area contributed by atoms with Gasteiger partial charge < -0.3 is 25.3 Å². The standard InChI is InChI=1S/C23H26N2O5/c1-3-4-19-18-10-9-17(29-2)12-20(18)30-23(28)21(19)22(27)25-16-7-5-14(6-8-16)11-15(24)13-26/h5-10,12,15,26H,3-4,11,13,24H2,1-2H3,(H,25,27)/t15-/m0/s1. The summed E-state index contributed by atoms with van der Waals surface area (Å²) in [5.74, 6) is 0.0658. The van der Waals surface area contributed by atoms with Crippen molar-refractivity contribution in [2.24, 2.45) is 5.73 Å². The normalized spacial score (nSPS) is 12.0. The number of aliphatic hydroxyl groups is 1. The Morgan fingerprint density at radius 1 is 1.23 bits per heavy atom. The molecule has 0 radical (unpaired) electrons. The Hall–Kier alpha value is -3.16. The average molecular weight is 410 g/mol. The molecule has 3 aromatic rings. The molecule has 0 fully saturated rings. The molecule has 158 valence electrons. The van der Waals surface area contributed by atoms with E-state index in [1.807, 2.05) is 19.1 Å². The van der Waals surface area contributed by atoms with E-state index in [1.165, 1.54) is 7.11 Å². The van der Waals surface area contributed by atoms with Crippen LogP contribution in [0.4, 0.5) is 5.69 Å². The van der Waals surface area contributed by atoms with Crippen molar-refractivity contribution in [1.82, 2.24) is 0 Å². The minimum absolute atomic E-state index is 0.0147. The number of carbonyl (C=O) groups is 1. The van der Waals surface area contributed by atoms with Crippen molar-refractivity contribution in [3.63, 3.8) is 0 Å². The molecule has 1 heterocycles. The van der Waals surface area contributed by atoms with Crippen molar-refractivity contribution in [1.29, 1.82) is 0 Å². The fourth-order valence-electron chi connectivity index (χ4n) is 3.40. The first kappa shape index (κ1) is 21.5. The number of amides is 1. The maximum absolute atomic E-state index is 13.0. The summed E-state index contributed by atoms with van der Waals surface area (Å²) in [6, 6.07) is 12.0. The van der Waals surface area contributed by atoms with Crippen LogP contribution in [-0.4, -0.2) is 30.8 Å². The van der Waals surface area contributed by atoms with Crippen LogP contribution in [0.1, 0.15) is 34.8 Å². The summed E-state index contributed by atoms with van der Waals surface area (Å²) in [5, 5.41) is 12.6. The molecule has 2 aromatic carbocycles. The molecule has 30 heavy (non-hydrogen) atoms. The second-order valence-electron chi connectivity index (χ2n) is 7.15. The van der Waals surface area contributed by atoms with Crippen LogP contribution in [-0.2, 0) is 12.8 Å². The molecule has 7 nitrogen and oxygen atoms in total. The predicted molar refractivity (Wildman–Crippen MR) is 116 cm³/mol. The molecule has 0 aliphatic heterocycles. The number of rotatable bonds is 8. The van der Waals surface area contributed by atoms with Gasteiger partial charge in [0.1, 0.15) is 16.9 Å². The molecule has 1 atom stereocenters. The largest absolute Gasteiger partial charge is 0.497 e. The van der Waals surface area contributed by atoms with Gasteiger partial charge in [0.2, 0.25) is 0 Å². The first-order valence-corrected chi connectivity index (χ1v) is 9.87. The molecule has 0 unspecified atom stereocenters. The van der Waals surface area contributed by atoms with Crippen LogP contribution >= 0.6 is 0 Å². The van der Waals surface area contributed by atoms with E-state index in [2.05, 4.69) is 5.32 Å². The van der Waals surface area contributed by atoms with Gasteiger partial charge in [-0.15, -0.1) is 0 Å². The Bertz CT molecular complexity index is 1090. The number of aliphatic hydroxyl groups excluding tert-OH is 1. The van der Waals surface area contributed by atoms with Crippen LogP contribution in [0.2, 0.25) is 0 Å². The third kappa shape index (κ3) is 4.69. The minimum atomic E-state index is -0.678. The SMILES string of the molecule is CCCc1c(C(=O)Nc2ccc(C[C@H](N)CO)cc2)c(=O)oc2cc(OC)ccc12. The van der Waals surface area contributed by atoms with E-state index in [0.717, 1.165) is 17.4 Å². The molecule has 3 rings (SSSR count). The number of benzene rings is 2. The monoisotopic (exact) mass is 410 g/mol. The quantitative estimate of drug-likeness (QED) is 0.492. The lowest BCUT2D eigenvalue weighted by molar-refractivity contribution is 0.102. The van der Waals surface area contributed by atoms with Gasteiger partial charge in [-0.05, 0) is 48.2 Å². The number of hydrogen-bond donors (Lipinski definition) is 3. The van der Waals surface area contributed by atoms with Crippen LogP contribution in [0.15, 0.2) is 51.7 Å². The van der Waals surface area contributed by atoms with Crippen molar-refractivity contribution < 1.29 is 19.1 Å². The summed E-state index contributed by atoms with van der Waals surface area (Å²) in [4.78, 5) is 25.6. The molecule has 0 aliphatic rings. The van der Waals surface area contributed by atoms with Gasteiger partial charge in [-0.25, -0.2) is 4.79 Å². The summed E-state index contributed by atoms with van der Waals surface area (Å²) in [7, 11) is 1.54. The summed E-state index contributed by atoms with van der Waals surface area (Å²) < 4.78 is 10.6. The third-order valence-corrected chi connectivity index (χ3v) is 4.89. The van der Waals surface area contributed by atoms with E-state index in [0.29, 0.717) is 35.4 Å². The van der Waals surface area contributed by atoms with Crippen molar-refractivity contribution >= 4 is 22.6 Å². The topological polar surface area (TPSA) is 115 Å². The zero-order chi connectivity index (χ0) is 21.7. The zero-order valence-electron chi connectivity index (χ0n) is 17.1. The van der Waals surface area contributed by atoms with Crippen molar-refractivity contribution in [3.8, 4) is 5.75 Å². The highest BCUT2D eigenvalue weighted by Crippen LogP contribution is 2.26. The van der Waals surface area contributed by atoms with E-state index in [9.17, 15) is 9.59 Å². The molecule has 0 bridgehead atoms. The zero-order valence-corrected chi connectivity index (χ0v) is 17.1. The van der Waals surface area contributed by atoms with Crippen LogP contribution in [0, 0.1) is 0 Å².